The van der Waals surface area contributed by atoms with E-state index in [4.69, 9.17) is 4.74 Å². The average molecular weight is 346 g/mol. The molecule has 0 unspecified atom stereocenters. The third-order valence-electron chi connectivity index (χ3n) is 3.63. The van der Waals surface area contributed by atoms with Crippen molar-refractivity contribution in [2.24, 2.45) is 0 Å². The first-order valence-electron chi connectivity index (χ1n) is 7.51. The van der Waals surface area contributed by atoms with Gasteiger partial charge in [0.2, 0.25) is 15.9 Å². The number of sulfonamides is 1. The SMILES string of the molecule is CS(=O)(=O)N[C@@H]1CC(=O)N(c2ccc(Oc3ccccc3)cc2)C1. The van der Waals surface area contributed by atoms with Gasteiger partial charge in [0.1, 0.15) is 11.5 Å². The normalized spacial score (nSPS) is 18.0. The fraction of sp³-hybridized carbons (Fsp3) is 0.235. The van der Waals surface area contributed by atoms with E-state index in [-0.39, 0.29) is 12.3 Å². The molecule has 0 aliphatic carbocycles. The van der Waals surface area contributed by atoms with E-state index in [1.165, 1.54) is 0 Å². The van der Waals surface area contributed by atoms with E-state index in [2.05, 4.69) is 4.72 Å². The lowest BCUT2D eigenvalue weighted by atomic mass is 10.2. The Kier molecular flexibility index (Phi) is 4.55. The van der Waals surface area contributed by atoms with Gasteiger partial charge in [-0.05, 0) is 36.4 Å². The van der Waals surface area contributed by atoms with Crippen LogP contribution in [-0.4, -0.2) is 33.2 Å². The van der Waals surface area contributed by atoms with Crippen LogP contribution in [-0.2, 0) is 14.8 Å². The molecular weight excluding hydrogens is 328 g/mol. The molecule has 1 aliphatic rings. The van der Waals surface area contributed by atoms with E-state index < -0.39 is 16.1 Å². The van der Waals surface area contributed by atoms with Crippen molar-refractivity contribution in [1.82, 2.24) is 4.72 Å². The zero-order valence-corrected chi connectivity index (χ0v) is 14.0. The predicted octanol–water partition coefficient (Wildman–Crippen LogP) is 2.13. The fourth-order valence-electron chi connectivity index (χ4n) is 2.66. The van der Waals surface area contributed by atoms with Gasteiger partial charge < -0.3 is 9.64 Å². The highest BCUT2D eigenvalue weighted by molar-refractivity contribution is 7.88. The minimum Gasteiger partial charge on any atom is -0.457 e. The Morgan fingerprint density at radius 3 is 2.29 bits per heavy atom. The molecule has 7 heteroatoms. The molecule has 1 atom stereocenters. The molecule has 1 aliphatic heterocycles. The summed E-state index contributed by atoms with van der Waals surface area (Å²) >= 11 is 0. The average Bonchev–Trinajstić information content (AvgIpc) is 2.87. The number of amides is 1. The molecule has 0 aromatic heterocycles. The number of para-hydroxylation sites is 1. The van der Waals surface area contributed by atoms with E-state index in [1.54, 1.807) is 29.2 Å². The van der Waals surface area contributed by atoms with Crippen molar-refractivity contribution in [3.05, 3.63) is 54.6 Å². The first kappa shape index (κ1) is 16.5. The van der Waals surface area contributed by atoms with Crippen LogP contribution < -0.4 is 14.4 Å². The van der Waals surface area contributed by atoms with Gasteiger partial charge >= 0.3 is 0 Å². The second kappa shape index (κ2) is 6.62. The fourth-order valence-corrected chi connectivity index (χ4v) is 3.42. The van der Waals surface area contributed by atoms with E-state index >= 15 is 0 Å². The summed E-state index contributed by atoms with van der Waals surface area (Å²) in [5, 5.41) is 0. The molecule has 2 aromatic carbocycles. The predicted molar refractivity (Wildman–Crippen MR) is 91.7 cm³/mol. The highest BCUT2D eigenvalue weighted by atomic mass is 32.2. The minimum absolute atomic E-state index is 0.104. The molecule has 1 N–H and O–H groups in total. The smallest absolute Gasteiger partial charge is 0.228 e. The minimum atomic E-state index is -3.33. The summed E-state index contributed by atoms with van der Waals surface area (Å²) in [6.45, 7) is 0.324. The molecule has 0 bridgehead atoms. The Bertz CT molecular complexity index is 819. The topological polar surface area (TPSA) is 75.7 Å². The largest absolute Gasteiger partial charge is 0.457 e. The highest BCUT2D eigenvalue weighted by Gasteiger charge is 2.32. The molecule has 0 spiro atoms. The number of anilines is 1. The van der Waals surface area contributed by atoms with E-state index in [0.717, 1.165) is 17.7 Å². The third-order valence-corrected chi connectivity index (χ3v) is 4.39. The zero-order valence-electron chi connectivity index (χ0n) is 13.2. The van der Waals surface area contributed by atoms with Gasteiger partial charge in [-0.25, -0.2) is 13.1 Å². The summed E-state index contributed by atoms with van der Waals surface area (Å²) in [7, 11) is -3.33. The molecule has 0 saturated carbocycles. The number of nitrogens with zero attached hydrogens (tertiary/aromatic N) is 1. The van der Waals surface area contributed by atoms with Crippen LogP contribution in [0.5, 0.6) is 11.5 Å². The Morgan fingerprint density at radius 1 is 1.04 bits per heavy atom. The quantitative estimate of drug-likeness (QED) is 0.900. The van der Waals surface area contributed by atoms with E-state index in [0.29, 0.717) is 12.3 Å². The van der Waals surface area contributed by atoms with Gasteiger partial charge in [0.05, 0.1) is 6.26 Å². The maximum atomic E-state index is 12.1. The van der Waals surface area contributed by atoms with Crippen LogP contribution in [0.3, 0.4) is 0 Å². The number of hydrogen-bond donors (Lipinski definition) is 1. The maximum Gasteiger partial charge on any atom is 0.228 e. The lowest BCUT2D eigenvalue weighted by Gasteiger charge is -2.17. The summed E-state index contributed by atoms with van der Waals surface area (Å²) < 4.78 is 30.8. The molecule has 6 nitrogen and oxygen atoms in total. The molecule has 1 fully saturated rings. The van der Waals surface area contributed by atoms with E-state index in [9.17, 15) is 13.2 Å². The standard InChI is InChI=1S/C17H18N2O4S/c1-24(21,22)18-13-11-17(20)19(12-13)14-7-9-16(10-8-14)23-15-5-3-2-4-6-15/h2-10,13,18H,11-12H2,1H3/t13-/m1/s1. The Balaban J connectivity index is 1.68. The number of benzene rings is 2. The van der Waals surface area contributed by atoms with Gasteiger partial charge in [-0.2, -0.15) is 0 Å². The number of carbonyl (C=O) groups is 1. The second-order valence-electron chi connectivity index (χ2n) is 5.70. The summed E-state index contributed by atoms with van der Waals surface area (Å²) in [5.74, 6) is 1.30. The molecular formula is C17H18N2O4S. The van der Waals surface area contributed by atoms with Crippen molar-refractivity contribution in [3.8, 4) is 11.5 Å². The molecule has 0 radical (unpaired) electrons. The summed E-state index contributed by atoms with van der Waals surface area (Å²) in [4.78, 5) is 13.7. The van der Waals surface area contributed by atoms with Crippen LogP contribution >= 0.6 is 0 Å². The van der Waals surface area contributed by atoms with Crippen LogP contribution in [0.2, 0.25) is 0 Å². The monoisotopic (exact) mass is 346 g/mol. The molecule has 126 valence electrons. The van der Waals surface area contributed by atoms with Gasteiger partial charge in [-0.15, -0.1) is 0 Å². The molecule has 1 heterocycles. The van der Waals surface area contributed by atoms with Gasteiger partial charge in [0.25, 0.3) is 0 Å². The Hall–Kier alpha value is -2.38. The van der Waals surface area contributed by atoms with Crippen LogP contribution in [0.4, 0.5) is 5.69 Å². The first-order valence-corrected chi connectivity index (χ1v) is 9.40. The van der Waals surface area contributed by atoms with Crippen molar-refractivity contribution >= 4 is 21.6 Å². The molecule has 3 rings (SSSR count). The number of ether oxygens (including phenoxy) is 1. The molecule has 2 aromatic rings. The molecule has 24 heavy (non-hydrogen) atoms. The maximum absolute atomic E-state index is 12.1. The lowest BCUT2D eigenvalue weighted by Crippen LogP contribution is -2.36. The number of rotatable bonds is 5. The summed E-state index contributed by atoms with van der Waals surface area (Å²) in [6, 6.07) is 16.2. The third kappa shape index (κ3) is 4.12. The highest BCUT2D eigenvalue weighted by Crippen LogP contribution is 2.27. The first-order chi connectivity index (χ1) is 11.4. The van der Waals surface area contributed by atoms with Crippen LogP contribution in [0.25, 0.3) is 0 Å². The van der Waals surface area contributed by atoms with Crippen molar-refractivity contribution in [2.75, 3.05) is 17.7 Å². The number of nitrogens with one attached hydrogen (secondary N) is 1. The van der Waals surface area contributed by atoms with Crippen molar-refractivity contribution < 1.29 is 17.9 Å². The molecule has 1 amide bonds. The van der Waals surface area contributed by atoms with Gasteiger partial charge in [0.15, 0.2) is 0 Å². The van der Waals surface area contributed by atoms with Gasteiger partial charge in [-0.1, -0.05) is 18.2 Å². The lowest BCUT2D eigenvalue weighted by molar-refractivity contribution is -0.117. The number of carbonyl (C=O) groups excluding carboxylic acids is 1. The van der Waals surface area contributed by atoms with Crippen LogP contribution in [0.15, 0.2) is 54.6 Å². The second-order valence-corrected chi connectivity index (χ2v) is 7.48. The van der Waals surface area contributed by atoms with Crippen molar-refractivity contribution in [2.45, 2.75) is 12.5 Å². The summed E-state index contributed by atoms with van der Waals surface area (Å²) in [6.07, 6.45) is 1.26. The van der Waals surface area contributed by atoms with Crippen LogP contribution in [0, 0.1) is 0 Å². The summed E-state index contributed by atoms with van der Waals surface area (Å²) in [5.41, 5.74) is 0.721. The van der Waals surface area contributed by atoms with Gasteiger partial charge in [-0.3, -0.25) is 4.79 Å². The van der Waals surface area contributed by atoms with Crippen molar-refractivity contribution in [1.29, 1.82) is 0 Å². The zero-order chi connectivity index (χ0) is 17.2. The van der Waals surface area contributed by atoms with Crippen molar-refractivity contribution in [3.63, 3.8) is 0 Å². The van der Waals surface area contributed by atoms with Gasteiger partial charge in [0, 0.05) is 24.7 Å². The Morgan fingerprint density at radius 2 is 1.67 bits per heavy atom. The van der Waals surface area contributed by atoms with E-state index in [1.807, 2.05) is 30.3 Å². The van der Waals surface area contributed by atoms with Crippen LogP contribution in [0.1, 0.15) is 6.42 Å². The Labute approximate surface area is 141 Å². The number of hydrogen-bond acceptors (Lipinski definition) is 4. The molecule has 1 saturated heterocycles.